The second kappa shape index (κ2) is 7.63. The fourth-order valence-corrected chi connectivity index (χ4v) is 4.39. The number of hydrogen-bond acceptors (Lipinski definition) is 3. The van der Waals surface area contributed by atoms with Crippen molar-refractivity contribution in [3.05, 3.63) is 70.9 Å². The number of allylic oxidation sites excluding steroid dienone is 2. The van der Waals surface area contributed by atoms with Gasteiger partial charge in [0.05, 0.1) is 6.61 Å². The van der Waals surface area contributed by atoms with Gasteiger partial charge in [0.1, 0.15) is 5.75 Å². The van der Waals surface area contributed by atoms with Gasteiger partial charge in [-0.2, -0.15) is 0 Å². The molecular weight excluding hydrogens is 350 g/mol. The zero-order chi connectivity index (χ0) is 19.7. The number of benzene rings is 2. The zero-order valence-electron chi connectivity index (χ0n) is 16.4. The quantitative estimate of drug-likeness (QED) is 0.762. The molecule has 0 saturated heterocycles. The highest BCUT2D eigenvalue weighted by Crippen LogP contribution is 2.44. The fourth-order valence-electron chi connectivity index (χ4n) is 4.39. The molecule has 4 heteroatoms. The molecule has 2 aromatic rings. The Balaban J connectivity index is 1.80. The van der Waals surface area contributed by atoms with Crippen LogP contribution in [0.15, 0.2) is 59.8 Å². The normalized spacial score (nSPS) is 19.6. The molecule has 4 nitrogen and oxygen atoms in total. The van der Waals surface area contributed by atoms with Crippen LogP contribution in [-0.2, 0) is 9.59 Å². The van der Waals surface area contributed by atoms with Crippen LogP contribution in [0.2, 0.25) is 0 Å². The van der Waals surface area contributed by atoms with Crippen LogP contribution in [0.5, 0.6) is 5.75 Å². The van der Waals surface area contributed by atoms with Crippen LogP contribution in [-0.4, -0.2) is 18.3 Å². The Bertz CT molecular complexity index is 943. The lowest BCUT2D eigenvalue weighted by Crippen LogP contribution is -2.40. The summed E-state index contributed by atoms with van der Waals surface area (Å²) in [5.74, 6) is 0.863. The first-order chi connectivity index (χ1) is 13.6. The van der Waals surface area contributed by atoms with Crippen molar-refractivity contribution in [2.24, 2.45) is 0 Å². The first kappa shape index (κ1) is 18.5. The van der Waals surface area contributed by atoms with Crippen molar-refractivity contribution in [3.63, 3.8) is 0 Å². The van der Waals surface area contributed by atoms with E-state index in [0.29, 0.717) is 19.4 Å². The van der Waals surface area contributed by atoms with E-state index in [0.717, 1.165) is 46.7 Å². The second-order valence-corrected chi connectivity index (χ2v) is 7.41. The van der Waals surface area contributed by atoms with Crippen LogP contribution in [0.25, 0.3) is 0 Å². The number of nitrogens with zero attached hydrogens (tertiary/aromatic N) is 1. The van der Waals surface area contributed by atoms with Crippen LogP contribution in [0, 0.1) is 6.92 Å². The van der Waals surface area contributed by atoms with E-state index < -0.39 is 0 Å². The summed E-state index contributed by atoms with van der Waals surface area (Å²) in [6, 6.07) is 15.6. The molecule has 0 fully saturated rings. The third-order valence-electron chi connectivity index (χ3n) is 5.65. The summed E-state index contributed by atoms with van der Waals surface area (Å²) in [6.45, 7) is 4.59. The van der Waals surface area contributed by atoms with Gasteiger partial charge in [-0.05, 0) is 62.1 Å². The average molecular weight is 375 g/mol. The van der Waals surface area contributed by atoms with Gasteiger partial charge >= 0.3 is 0 Å². The van der Waals surface area contributed by atoms with Crippen molar-refractivity contribution < 1.29 is 14.3 Å². The highest BCUT2D eigenvalue weighted by atomic mass is 16.5. The molecule has 1 atom stereocenters. The molecule has 0 radical (unpaired) electrons. The van der Waals surface area contributed by atoms with E-state index in [1.165, 1.54) is 0 Å². The molecule has 2 aromatic carbocycles. The lowest BCUT2D eigenvalue weighted by molar-refractivity contribution is -0.119. The number of anilines is 1. The minimum atomic E-state index is -0.143. The molecule has 1 heterocycles. The van der Waals surface area contributed by atoms with Crippen molar-refractivity contribution in [2.75, 3.05) is 11.5 Å². The number of Topliss-reactive ketones (excluding diaryl/α,β-unsaturated/α-hetero) is 1. The maximum Gasteiger partial charge on any atom is 0.232 e. The molecule has 0 N–H and O–H groups in total. The van der Waals surface area contributed by atoms with Gasteiger partial charge in [-0.15, -0.1) is 0 Å². The molecule has 4 rings (SSSR count). The summed E-state index contributed by atoms with van der Waals surface area (Å²) >= 11 is 0. The Morgan fingerprint density at radius 3 is 2.50 bits per heavy atom. The van der Waals surface area contributed by atoms with E-state index in [2.05, 4.69) is 0 Å². The molecule has 1 amide bonds. The molecule has 1 aliphatic carbocycles. The number of hydrogen-bond donors (Lipinski definition) is 0. The summed E-state index contributed by atoms with van der Waals surface area (Å²) < 4.78 is 5.52. The van der Waals surface area contributed by atoms with E-state index in [-0.39, 0.29) is 17.6 Å². The van der Waals surface area contributed by atoms with Gasteiger partial charge in [0.2, 0.25) is 5.91 Å². The van der Waals surface area contributed by atoms with Crippen molar-refractivity contribution in [3.8, 4) is 5.75 Å². The molecule has 144 valence electrons. The number of aryl methyl sites for hydroxylation is 1. The molecule has 0 spiro atoms. The third-order valence-corrected chi connectivity index (χ3v) is 5.65. The summed E-state index contributed by atoms with van der Waals surface area (Å²) in [5.41, 5.74) is 4.72. The monoisotopic (exact) mass is 375 g/mol. The van der Waals surface area contributed by atoms with Crippen LogP contribution in [0.3, 0.4) is 0 Å². The number of ketones is 1. The smallest absolute Gasteiger partial charge is 0.232 e. The van der Waals surface area contributed by atoms with Crippen LogP contribution in [0.1, 0.15) is 49.7 Å². The van der Waals surface area contributed by atoms with Crippen molar-refractivity contribution >= 4 is 17.4 Å². The van der Waals surface area contributed by atoms with E-state index in [1.54, 1.807) is 4.90 Å². The van der Waals surface area contributed by atoms with Crippen molar-refractivity contribution in [2.45, 2.75) is 45.4 Å². The zero-order valence-corrected chi connectivity index (χ0v) is 16.4. The summed E-state index contributed by atoms with van der Waals surface area (Å²) in [6.07, 6.45) is 2.43. The van der Waals surface area contributed by atoms with Crippen molar-refractivity contribution in [1.82, 2.24) is 0 Å². The largest absolute Gasteiger partial charge is 0.494 e. The van der Waals surface area contributed by atoms with Gasteiger partial charge in [0.15, 0.2) is 5.78 Å². The highest BCUT2D eigenvalue weighted by Gasteiger charge is 2.40. The molecule has 28 heavy (non-hydrogen) atoms. The van der Waals surface area contributed by atoms with Crippen molar-refractivity contribution in [1.29, 1.82) is 0 Å². The van der Waals surface area contributed by atoms with E-state index in [1.807, 2.05) is 62.4 Å². The van der Waals surface area contributed by atoms with Gasteiger partial charge < -0.3 is 4.74 Å². The summed E-state index contributed by atoms with van der Waals surface area (Å²) in [5, 5.41) is 0. The van der Waals surface area contributed by atoms with Gasteiger partial charge in [-0.25, -0.2) is 0 Å². The predicted molar refractivity (Wildman–Crippen MR) is 110 cm³/mol. The summed E-state index contributed by atoms with van der Waals surface area (Å²) in [7, 11) is 0. The number of ether oxygens (including phenoxy) is 1. The van der Waals surface area contributed by atoms with Gasteiger partial charge in [-0.3, -0.25) is 14.5 Å². The Hall–Kier alpha value is -2.88. The minimum Gasteiger partial charge on any atom is -0.494 e. The minimum absolute atomic E-state index is 0.0471. The SMILES string of the molecule is CCOc1ccc(N2C(=O)CC(c3ccccc3C)C3=C2CCCC3=O)cc1. The lowest BCUT2D eigenvalue weighted by Gasteiger charge is -2.38. The third kappa shape index (κ3) is 3.24. The molecule has 0 bridgehead atoms. The number of carbonyl (C=O) groups excluding carboxylic acids is 2. The standard InChI is InChI=1S/C24H25NO3/c1-3-28-18-13-11-17(12-14-18)25-21-9-6-10-22(26)24(21)20(15-23(25)27)19-8-5-4-7-16(19)2/h4-5,7-8,11-14,20H,3,6,9-10,15H2,1-2H3. The number of amides is 1. The molecule has 0 aromatic heterocycles. The summed E-state index contributed by atoms with van der Waals surface area (Å²) in [4.78, 5) is 27.9. The van der Waals surface area contributed by atoms with E-state index in [9.17, 15) is 9.59 Å². The first-order valence-electron chi connectivity index (χ1n) is 9.97. The number of carbonyl (C=O) groups is 2. The Kier molecular flexibility index (Phi) is 5.03. The molecular formula is C24H25NO3. The lowest BCUT2D eigenvalue weighted by atomic mass is 9.76. The van der Waals surface area contributed by atoms with Gasteiger partial charge in [0.25, 0.3) is 0 Å². The topological polar surface area (TPSA) is 46.6 Å². The maximum absolute atomic E-state index is 13.2. The Morgan fingerprint density at radius 2 is 1.79 bits per heavy atom. The van der Waals surface area contributed by atoms with Crippen LogP contribution in [0.4, 0.5) is 5.69 Å². The Labute approximate surface area is 165 Å². The van der Waals surface area contributed by atoms with Gasteiger partial charge in [0, 0.05) is 35.7 Å². The average Bonchev–Trinajstić information content (AvgIpc) is 2.69. The fraction of sp³-hybridized carbons (Fsp3) is 0.333. The molecule has 1 aliphatic heterocycles. The maximum atomic E-state index is 13.2. The Morgan fingerprint density at radius 1 is 1.04 bits per heavy atom. The van der Waals surface area contributed by atoms with Crippen LogP contribution >= 0.6 is 0 Å². The van der Waals surface area contributed by atoms with E-state index >= 15 is 0 Å². The molecule has 1 unspecified atom stereocenters. The predicted octanol–water partition coefficient (Wildman–Crippen LogP) is 4.92. The van der Waals surface area contributed by atoms with E-state index in [4.69, 9.17) is 4.74 Å². The van der Waals surface area contributed by atoms with Gasteiger partial charge in [-0.1, -0.05) is 24.3 Å². The second-order valence-electron chi connectivity index (χ2n) is 7.41. The number of rotatable bonds is 4. The molecule has 0 saturated carbocycles. The molecule has 2 aliphatic rings. The van der Waals surface area contributed by atoms with Crippen LogP contribution < -0.4 is 9.64 Å². The first-order valence-corrected chi connectivity index (χ1v) is 9.97. The highest BCUT2D eigenvalue weighted by molar-refractivity contribution is 6.07.